The summed E-state index contributed by atoms with van der Waals surface area (Å²) >= 11 is 0. The summed E-state index contributed by atoms with van der Waals surface area (Å²) < 4.78 is 4.91. The van der Waals surface area contributed by atoms with E-state index in [1.807, 2.05) is 0 Å². The molecule has 0 aliphatic heterocycles. The Morgan fingerprint density at radius 1 is 0.760 bits per heavy atom. The van der Waals surface area contributed by atoms with Gasteiger partial charge in [-0.3, -0.25) is 9.59 Å². The van der Waals surface area contributed by atoms with E-state index in [0.717, 1.165) is 6.42 Å². The Hall–Kier alpha value is -1.10. The van der Waals surface area contributed by atoms with E-state index in [-0.39, 0.29) is 12.5 Å². The van der Waals surface area contributed by atoms with Gasteiger partial charge in [0, 0.05) is 6.92 Å². The Balaban J connectivity index is 0. The van der Waals surface area contributed by atoms with Crippen LogP contribution in [0.2, 0.25) is 0 Å². The number of nitrogens with two attached hydrogens (primary N) is 1. The molecule has 0 aromatic rings. The van der Waals surface area contributed by atoms with E-state index in [1.165, 1.54) is 90.4 Å². The van der Waals surface area contributed by atoms with Gasteiger partial charge in [0.25, 0.3) is 0 Å². The second-order valence-corrected chi connectivity index (χ2v) is 6.53. The molecule has 0 unspecified atom stereocenters. The average Bonchev–Trinajstić information content (AvgIpc) is 2.58. The van der Waals surface area contributed by atoms with Gasteiger partial charge in [-0.2, -0.15) is 0 Å². The smallest absolute Gasteiger partial charge is 0.317 e. The van der Waals surface area contributed by atoms with Gasteiger partial charge in [0.15, 0.2) is 0 Å². The SMILES string of the molecule is CCCCCCCCCCCCCCCCOC(C)=O.NCC(=O)O. The number of ether oxygens (including phenoxy) is 1. The number of rotatable bonds is 16. The summed E-state index contributed by atoms with van der Waals surface area (Å²) in [6.45, 7) is 4.08. The van der Waals surface area contributed by atoms with Crippen molar-refractivity contribution in [3.8, 4) is 0 Å². The Morgan fingerprint density at radius 3 is 1.36 bits per heavy atom. The molecule has 25 heavy (non-hydrogen) atoms. The second kappa shape index (κ2) is 22.9. The maximum absolute atomic E-state index is 10.6. The van der Waals surface area contributed by atoms with Crippen LogP contribution in [0, 0.1) is 0 Å². The third kappa shape index (κ3) is 31.2. The lowest BCUT2D eigenvalue weighted by molar-refractivity contribution is -0.141. The lowest BCUT2D eigenvalue weighted by Gasteiger charge is -2.03. The van der Waals surface area contributed by atoms with Crippen LogP contribution in [0.4, 0.5) is 0 Å². The van der Waals surface area contributed by atoms with Crippen LogP contribution in [0.25, 0.3) is 0 Å². The van der Waals surface area contributed by atoms with Gasteiger partial charge < -0.3 is 15.6 Å². The molecule has 150 valence electrons. The van der Waals surface area contributed by atoms with E-state index in [2.05, 4.69) is 12.7 Å². The largest absolute Gasteiger partial charge is 0.480 e. The van der Waals surface area contributed by atoms with E-state index >= 15 is 0 Å². The van der Waals surface area contributed by atoms with E-state index in [9.17, 15) is 9.59 Å². The van der Waals surface area contributed by atoms with Crippen molar-refractivity contribution in [2.24, 2.45) is 5.73 Å². The van der Waals surface area contributed by atoms with E-state index in [0.29, 0.717) is 6.61 Å². The molecule has 0 rings (SSSR count). The molecule has 5 heteroatoms. The lowest BCUT2D eigenvalue weighted by Crippen LogP contribution is -2.10. The molecule has 0 radical (unpaired) electrons. The normalized spacial score (nSPS) is 10.0. The fourth-order valence-electron chi connectivity index (χ4n) is 2.51. The van der Waals surface area contributed by atoms with Gasteiger partial charge in [-0.1, -0.05) is 90.4 Å². The Labute approximate surface area is 154 Å². The Morgan fingerprint density at radius 2 is 1.08 bits per heavy atom. The maximum atomic E-state index is 10.6. The zero-order chi connectivity index (χ0) is 19.2. The van der Waals surface area contributed by atoms with Gasteiger partial charge in [-0.25, -0.2) is 0 Å². The summed E-state index contributed by atoms with van der Waals surface area (Å²) in [4.78, 5) is 19.8. The zero-order valence-corrected chi connectivity index (χ0v) is 16.6. The van der Waals surface area contributed by atoms with Crippen molar-refractivity contribution in [2.75, 3.05) is 13.2 Å². The summed E-state index contributed by atoms with van der Waals surface area (Å²) in [7, 11) is 0. The fourth-order valence-corrected chi connectivity index (χ4v) is 2.51. The van der Waals surface area contributed by atoms with Crippen molar-refractivity contribution in [3.05, 3.63) is 0 Å². The fraction of sp³-hybridized carbons (Fsp3) is 0.900. The minimum Gasteiger partial charge on any atom is -0.480 e. The zero-order valence-electron chi connectivity index (χ0n) is 16.6. The molecule has 5 nitrogen and oxygen atoms in total. The van der Waals surface area contributed by atoms with Crippen LogP contribution in [0.5, 0.6) is 0 Å². The number of hydrogen-bond donors (Lipinski definition) is 2. The highest BCUT2D eigenvalue weighted by Crippen LogP contribution is 2.12. The number of carbonyl (C=O) groups is 2. The lowest BCUT2D eigenvalue weighted by atomic mass is 10.0. The van der Waals surface area contributed by atoms with Crippen molar-refractivity contribution in [1.82, 2.24) is 0 Å². The maximum Gasteiger partial charge on any atom is 0.317 e. The van der Waals surface area contributed by atoms with E-state index in [4.69, 9.17) is 9.84 Å². The number of carboxylic acid groups (broad SMARTS) is 1. The molecule has 0 heterocycles. The van der Waals surface area contributed by atoms with E-state index < -0.39 is 5.97 Å². The first-order chi connectivity index (χ1) is 12.0. The predicted molar refractivity (Wildman–Crippen MR) is 104 cm³/mol. The van der Waals surface area contributed by atoms with Gasteiger partial charge in [0.1, 0.15) is 0 Å². The van der Waals surface area contributed by atoms with Gasteiger partial charge in [0.05, 0.1) is 13.2 Å². The standard InChI is InChI=1S/C18H36O2.C2H5NO2/c1-3-4-5-6-7-8-9-10-11-12-13-14-15-16-17-20-18(2)19;3-1-2(4)5/h3-17H2,1-2H3;1,3H2,(H,4,5). The van der Waals surface area contributed by atoms with Crippen LogP contribution >= 0.6 is 0 Å². The third-order valence-electron chi connectivity index (χ3n) is 3.98. The molecule has 0 aromatic heterocycles. The van der Waals surface area contributed by atoms with Crippen LogP contribution < -0.4 is 5.73 Å². The van der Waals surface area contributed by atoms with Gasteiger partial charge in [0.2, 0.25) is 0 Å². The van der Waals surface area contributed by atoms with Crippen LogP contribution in [0.1, 0.15) is 104 Å². The van der Waals surface area contributed by atoms with Crippen LogP contribution in [0.3, 0.4) is 0 Å². The number of aliphatic carboxylic acids is 1. The summed E-state index contributed by atoms with van der Waals surface area (Å²) in [6.07, 6.45) is 19.0. The number of carboxylic acids is 1. The molecule has 0 atom stereocenters. The Kier molecular flexibility index (Phi) is 23.9. The number of hydrogen-bond acceptors (Lipinski definition) is 4. The molecule has 0 saturated carbocycles. The van der Waals surface area contributed by atoms with Crippen LogP contribution in [-0.4, -0.2) is 30.2 Å². The highest BCUT2D eigenvalue weighted by atomic mass is 16.5. The molecule has 0 amide bonds. The topological polar surface area (TPSA) is 89.6 Å². The van der Waals surface area contributed by atoms with Crippen molar-refractivity contribution in [1.29, 1.82) is 0 Å². The predicted octanol–water partition coefficient (Wildman–Crippen LogP) is 5.06. The third-order valence-corrected chi connectivity index (χ3v) is 3.98. The van der Waals surface area contributed by atoms with Crippen molar-refractivity contribution in [2.45, 2.75) is 104 Å². The van der Waals surface area contributed by atoms with Crippen molar-refractivity contribution in [3.63, 3.8) is 0 Å². The summed E-state index contributed by atoms with van der Waals surface area (Å²) in [5, 5.41) is 7.60. The highest BCUT2D eigenvalue weighted by Gasteiger charge is 1.95. The molecular weight excluding hydrogens is 318 g/mol. The second-order valence-electron chi connectivity index (χ2n) is 6.53. The quantitative estimate of drug-likeness (QED) is 0.297. The van der Waals surface area contributed by atoms with Gasteiger partial charge in [-0.05, 0) is 6.42 Å². The minimum atomic E-state index is -0.968. The molecule has 0 aliphatic rings. The van der Waals surface area contributed by atoms with Crippen molar-refractivity contribution >= 4 is 11.9 Å². The first kappa shape index (κ1) is 26.1. The molecular formula is C20H41NO4. The molecule has 0 saturated heterocycles. The summed E-state index contributed by atoms with van der Waals surface area (Å²) in [5.74, 6) is -1.12. The van der Waals surface area contributed by atoms with Crippen molar-refractivity contribution < 1.29 is 19.4 Å². The average molecular weight is 360 g/mol. The molecule has 3 N–H and O–H groups in total. The number of unbranched alkanes of at least 4 members (excludes halogenated alkanes) is 13. The molecule has 0 spiro atoms. The first-order valence-corrected chi connectivity index (χ1v) is 10.1. The summed E-state index contributed by atoms with van der Waals surface area (Å²) in [6, 6.07) is 0. The number of carbonyl (C=O) groups excluding carboxylic acids is 1. The summed E-state index contributed by atoms with van der Waals surface area (Å²) in [5.41, 5.74) is 4.57. The van der Waals surface area contributed by atoms with Gasteiger partial charge in [-0.15, -0.1) is 0 Å². The molecule has 0 aliphatic carbocycles. The van der Waals surface area contributed by atoms with Crippen LogP contribution in [-0.2, 0) is 14.3 Å². The van der Waals surface area contributed by atoms with Gasteiger partial charge >= 0.3 is 11.9 Å². The molecule has 0 fully saturated rings. The first-order valence-electron chi connectivity index (χ1n) is 10.1. The van der Waals surface area contributed by atoms with Crippen LogP contribution in [0.15, 0.2) is 0 Å². The van der Waals surface area contributed by atoms with E-state index in [1.54, 1.807) is 0 Å². The molecule has 0 aromatic carbocycles. The highest BCUT2D eigenvalue weighted by molar-refractivity contribution is 5.68. The minimum absolute atomic E-state index is 0.153. The monoisotopic (exact) mass is 359 g/mol. The molecule has 0 bridgehead atoms. The number of esters is 1. The Bertz CT molecular complexity index is 295.